The van der Waals surface area contributed by atoms with E-state index in [1.54, 1.807) is 6.20 Å². The Morgan fingerprint density at radius 3 is 3.10 bits per heavy atom. The summed E-state index contributed by atoms with van der Waals surface area (Å²) < 4.78 is 4.90. The second kappa shape index (κ2) is 3.25. The number of esters is 1. The van der Waals surface area contributed by atoms with Gasteiger partial charge in [-0.1, -0.05) is 0 Å². The predicted octanol–water partition coefficient (Wildman–Crippen LogP) is 0.425. The van der Waals surface area contributed by atoms with Gasteiger partial charge in [0.2, 0.25) is 0 Å². The number of rotatable bonds is 2. The van der Waals surface area contributed by atoms with Crippen molar-refractivity contribution < 1.29 is 9.53 Å². The van der Waals surface area contributed by atoms with Crippen molar-refractivity contribution in [2.24, 2.45) is 0 Å². The Morgan fingerprint density at radius 2 is 2.60 bits per heavy atom. The molecule has 1 aliphatic rings. The summed E-state index contributed by atoms with van der Waals surface area (Å²) in [6, 6.07) is 0. The third-order valence-electron chi connectivity index (χ3n) is 1.39. The minimum atomic E-state index is -0.0919. The van der Waals surface area contributed by atoms with E-state index in [1.165, 1.54) is 0 Å². The average molecular weight is 141 g/mol. The monoisotopic (exact) mass is 141 g/mol. The highest BCUT2D eigenvalue weighted by Crippen LogP contribution is 2.13. The van der Waals surface area contributed by atoms with Gasteiger partial charge in [-0.05, 0) is 18.7 Å². The van der Waals surface area contributed by atoms with Crippen LogP contribution in [0, 0.1) is 0 Å². The first-order chi connectivity index (χ1) is 4.83. The van der Waals surface area contributed by atoms with Gasteiger partial charge < -0.3 is 10.1 Å². The molecule has 1 N–H and O–H groups in total. The minimum Gasteiger partial charge on any atom is -0.458 e. The van der Waals surface area contributed by atoms with Gasteiger partial charge in [0.25, 0.3) is 0 Å². The molecular weight excluding hydrogens is 130 g/mol. The lowest BCUT2D eigenvalue weighted by atomic mass is 10.2. The molecule has 3 nitrogen and oxygen atoms in total. The van der Waals surface area contributed by atoms with Crippen LogP contribution >= 0.6 is 0 Å². The van der Waals surface area contributed by atoms with Gasteiger partial charge in [-0.15, -0.1) is 0 Å². The lowest BCUT2D eigenvalue weighted by Crippen LogP contribution is -2.04. The van der Waals surface area contributed by atoms with Crippen molar-refractivity contribution in [2.45, 2.75) is 18.9 Å². The van der Waals surface area contributed by atoms with Crippen molar-refractivity contribution in [3.63, 3.8) is 0 Å². The molecule has 0 aromatic heterocycles. The summed E-state index contributed by atoms with van der Waals surface area (Å²) in [5.41, 5.74) is 0. The highest BCUT2D eigenvalue weighted by molar-refractivity contribution is 5.71. The molecule has 1 heterocycles. The van der Waals surface area contributed by atoms with Gasteiger partial charge in [0.15, 0.2) is 0 Å². The number of cyclic esters (lactones) is 1. The van der Waals surface area contributed by atoms with Crippen molar-refractivity contribution in [1.29, 1.82) is 0 Å². The number of nitrogens with one attached hydrogen (secondary N) is 1. The fraction of sp³-hybridized carbons (Fsp3) is 0.571. The van der Waals surface area contributed by atoms with Crippen LogP contribution in [0.1, 0.15) is 12.8 Å². The topological polar surface area (TPSA) is 38.3 Å². The first-order valence-corrected chi connectivity index (χ1v) is 3.36. The van der Waals surface area contributed by atoms with E-state index in [2.05, 4.69) is 5.32 Å². The quantitative estimate of drug-likeness (QED) is 0.566. The van der Waals surface area contributed by atoms with E-state index in [1.807, 2.05) is 13.1 Å². The Kier molecular flexibility index (Phi) is 2.31. The molecule has 0 spiro atoms. The van der Waals surface area contributed by atoms with Crippen LogP contribution in [0.15, 0.2) is 12.3 Å². The van der Waals surface area contributed by atoms with E-state index in [9.17, 15) is 4.79 Å². The highest BCUT2D eigenvalue weighted by Gasteiger charge is 2.19. The van der Waals surface area contributed by atoms with Crippen LogP contribution in [-0.2, 0) is 9.53 Å². The third kappa shape index (κ3) is 1.76. The van der Waals surface area contributed by atoms with Gasteiger partial charge in [0, 0.05) is 13.5 Å². The van der Waals surface area contributed by atoms with Crippen LogP contribution in [0.25, 0.3) is 0 Å². The van der Waals surface area contributed by atoms with Crippen LogP contribution in [0.3, 0.4) is 0 Å². The van der Waals surface area contributed by atoms with Gasteiger partial charge in [-0.25, -0.2) is 0 Å². The molecule has 1 unspecified atom stereocenters. The Balaban J connectivity index is 2.31. The number of hydrogen-bond acceptors (Lipinski definition) is 3. The zero-order valence-corrected chi connectivity index (χ0v) is 5.96. The number of ether oxygens (including phenoxy) is 1. The molecule has 0 bridgehead atoms. The van der Waals surface area contributed by atoms with Crippen molar-refractivity contribution in [1.82, 2.24) is 5.32 Å². The fourth-order valence-corrected chi connectivity index (χ4v) is 0.886. The normalized spacial score (nSPS) is 25.3. The van der Waals surface area contributed by atoms with Crippen LogP contribution in [0.4, 0.5) is 0 Å². The summed E-state index contributed by atoms with van der Waals surface area (Å²) in [4.78, 5) is 10.5. The molecule has 10 heavy (non-hydrogen) atoms. The van der Waals surface area contributed by atoms with Crippen LogP contribution in [0.5, 0.6) is 0 Å². The Labute approximate surface area is 60.1 Å². The molecule has 0 amide bonds. The maximum absolute atomic E-state index is 10.5. The molecule has 1 atom stereocenters. The summed E-state index contributed by atoms with van der Waals surface area (Å²) in [5, 5.41) is 2.84. The smallest absolute Gasteiger partial charge is 0.306 e. The van der Waals surface area contributed by atoms with E-state index in [4.69, 9.17) is 4.74 Å². The molecule has 56 valence electrons. The molecule has 1 aliphatic heterocycles. The summed E-state index contributed by atoms with van der Waals surface area (Å²) in [6.07, 6.45) is 5.00. The van der Waals surface area contributed by atoms with Crippen molar-refractivity contribution in [2.75, 3.05) is 7.05 Å². The zero-order valence-electron chi connectivity index (χ0n) is 5.96. The largest absolute Gasteiger partial charge is 0.458 e. The van der Waals surface area contributed by atoms with Gasteiger partial charge in [-0.3, -0.25) is 4.79 Å². The lowest BCUT2D eigenvalue weighted by molar-refractivity contribution is -0.139. The zero-order chi connectivity index (χ0) is 7.40. The van der Waals surface area contributed by atoms with E-state index >= 15 is 0 Å². The van der Waals surface area contributed by atoms with E-state index in [-0.39, 0.29) is 12.1 Å². The molecule has 1 rings (SSSR count). The molecule has 1 saturated heterocycles. The summed E-state index contributed by atoms with van der Waals surface area (Å²) >= 11 is 0. The van der Waals surface area contributed by atoms with Gasteiger partial charge >= 0.3 is 5.97 Å². The lowest BCUT2D eigenvalue weighted by Gasteiger charge is -2.00. The molecule has 3 heteroatoms. The minimum absolute atomic E-state index is 0.0000463. The summed E-state index contributed by atoms with van der Waals surface area (Å²) in [7, 11) is 1.81. The fourth-order valence-electron chi connectivity index (χ4n) is 0.886. The first-order valence-electron chi connectivity index (χ1n) is 3.36. The van der Waals surface area contributed by atoms with Gasteiger partial charge in [-0.2, -0.15) is 0 Å². The van der Waals surface area contributed by atoms with Crippen LogP contribution in [0.2, 0.25) is 0 Å². The second-order valence-corrected chi connectivity index (χ2v) is 2.21. The maximum Gasteiger partial charge on any atom is 0.306 e. The molecule has 0 aromatic carbocycles. The molecule has 0 aromatic rings. The predicted molar refractivity (Wildman–Crippen MR) is 37.3 cm³/mol. The second-order valence-electron chi connectivity index (χ2n) is 2.21. The molecule has 1 fully saturated rings. The summed E-state index contributed by atoms with van der Waals surface area (Å²) in [5.74, 6) is -0.0919. The average Bonchev–Trinajstić information content (AvgIpc) is 2.31. The van der Waals surface area contributed by atoms with Crippen LogP contribution in [-0.4, -0.2) is 19.1 Å². The van der Waals surface area contributed by atoms with Crippen molar-refractivity contribution in [3.8, 4) is 0 Å². The van der Waals surface area contributed by atoms with Crippen molar-refractivity contribution >= 4 is 5.97 Å². The van der Waals surface area contributed by atoms with E-state index in [0.29, 0.717) is 6.42 Å². The Morgan fingerprint density at radius 1 is 1.80 bits per heavy atom. The standard InChI is InChI=1S/C7H11NO2/c1-8-5-4-6-2-3-7(9)10-6/h4-6,8H,2-3H2,1H3. The summed E-state index contributed by atoms with van der Waals surface area (Å²) in [6.45, 7) is 0. The SMILES string of the molecule is CNC=CC1CCC(=O)O1. The third-order valence-corrected chi connectivity index (χ3v) is 1.39. The molecule has 0 radical (unpaired) electrons. The Hall–Kier alpha value is -0.990. The number of hydrogen-bond donors (Lipinski definition) is 1. The first kappa shape index (κ1) is 7.12. The molecule has 0 saturated carbocycles. The number of carbonyl (C=O) groups is 1. The maximum atomic E-state index is 10.5. The number of carbonyl (C=O) groups excluding carboxylic acids is 1. The molecule has 0 aliphatic carbocycles. The highest BCUT2D eigenvalue weighted by atomic mass is 16.5. The van der Waals surface area contributed by atoms with Crippen LogP contribution < -0.4 is 5.32 Å². The molecular formula is C7H11NO2. The van der Waals surface area contributed by atoms with Gasteiger partial charge in [0.1, 0.15) is 6.10 Å². The Bertz CT molecular complexity index is 154. The van der Waals surface area contributed by atoms with Gasteiger partial charge in [0.05, 0.1) is 0 Å². The van der Waals surface area contributed by atoms with E-state index in [0.717, 1.165) is 6.42 Å². The van der Waals surface area contributed by atoms with Crippen molar-refractivity contribution in [3.05, 3.63) is 12.3 Å². The van der Waals surface area contributed by atoms with E-state index < -0.39 is 0 Å².